The Morgan fingerprint density at radius 3 is 2.74 bits per heavy atom. The molecule has 0 aliphatic heterocycles. The standard InChI is InChI=1S/C23H29N5O3/c1-5-6-11-23(2,15-29)28-21-20-18(8-7-12-24-20)26-22(27-21)25-14-16-9-10-17(30-3)13-19(16)31-4/h5,7-10,12-13,29H,1,6,11,14-15H2,2-4H3,(H2,25,26,27,28). The van der Waals surface area contributed by atoms with Gasteiger partial charge in [-0.25, -0.2) is 4.98 Å². The van der Waals surface area contributed by atoms with Gasteiger partial charge in [-0.1, -0.05) is 6.08 Å². The van der Waals surface area contributed by atoms with Gasteiger partial charge in [0.25, 0.3) is 0 Å². The summed E-state index contributed by atoms with van der Waals surface area (Å²) in [6, 6.07) is 9.36. The molecule has 3 aromatic rings. The summed E-state index contributed by atoms with van der Waals surface area (Å²) < 4.78 is 10.7. The van der Waals surface area contributed by atoms with Gasteiger partial charge in [-0.3, -0.25) is 4.98 Å². The first-order chi connectivity index (χ1) is 15.0. The molecule has 3 rings (SSSR count). The first kappa shape index (κ1) is 22.3. The number of aliphatic hydroxyl groups is 1. The van der Waals surface area contributed by atoms with Crippen LogP contribution in [-0.4, -0.2) is 46.4 Å². The van der Waals surface area contributed by atoms with Crippen molar-refractivity contribution in [3.8, 4) is 11.5 Å². The Hall–Kier alpha value is -3.39. The Morgan fingerprint density at radius 1 is 1.19 bits per heavy atom. The van der Waals surface area contributed by atoms with Gasteiger partial charge < -0.3 is 25.2 Å². The third-order valence-corrected chi connectivity index (χ3v) is 5.06. The number of pyridine rings is 1. The Kier molecular flexibility index (Phi) is 7.25. The van der Waals surface area contributed by atoms with Gasteiger partial charge in [-0.05, 0) is 44.0 Å². The fourth-order valence-corrected chi connectivity index (χ4v) is 3.19. The van der Waals surface area contributed by atoms with Crippen LogP contribution < -0.4 is 20.1 Å². The molecule has 1 aromatic carbocycles. The van der Waals surface area contributed by atoms with Gasteiger partial charge in [0.2, 0.25) is 5.95 Å². The number of aromatic nitrogens is 3. The van der Waals surface area contributed by atoms with E-state index in [0.717, 1.165) is 17.7 Å². The number of benzene rings is 1. The monoisotopic (exact) mass is 423 g/mol. The quantitative estimate of drug-likeness (QED) is 0.401. The van der Waals surface area contributed by atoms with Crippen LogP contribution in [0.2, 0.25) is 0 Å². The highest BCUT2D eigenvalue weighted by Crippen LogP contribution is 2.27. The molecule has 0 aliphatic rings. The topological polar surface area (TPSA) is 101 Å². The smallest absolute Gasteiger partial charge is 0.225 e. The minimum absolute atomic E-state index is 0.0506. The average molecular weight is 424 g/mol. The highest BCUT2D eigenvalue weighted by molar-refractivity contribution is 5.86. The molecule has 31 heavy (non-hydrogen) atoms. The van der Waals surface area contributed by atoms with Crippen molar-refractivity contribution in [1.29, 1.82) is 0 Å². The van der Waals surface area contributed by atoms with Gasteiger partial charge >= 0.3 is 0 Å². The highest BCUT2D eigenvalue weighted by atomic mass is 16.5. The highest BCUT2D eigenvalue weighted by Gasteiger charge is 2.24. The molecule has 0 amide bonds. The van der Waals surface area contributed by atoms with Crippen LogP contribution in [0.5, 0.6) is 11.5 Å². The third kappa shape index (κ3) is 5.40. The van der Waals surface area contributed by atoms with Crippen LogP contribution in [0.15, 0.2) is 49.2 Å². The van der Waals surface area contributed by atoms with E-state index in [1.807, 2.05) is 43.3 Å². The Labute approximate surface area is 182 Å². The van der Waals surface area contributed by atoms with E-state index in [-0.39, 0.29) is 6.61 Å². The van der Waals surface area contributed by atoms with Crippen LogP contribution >= 0.6 is 0 Å². The molecule has 0 saturated heterocycles. The molecular formula is C23H29N5O3. The molecule has 8 nitrogen and oxygen atoms in total. The molecule has 0 aliphatic carbocycles. The first-order valence-corrected chi connectivity index (χ1v) is 10.1. The lowest BCUT2D eigenvalue weighted by atomic mass is 9.96. The maximum absolute atomic E-state index is 9.97. The largest absolute Gasteiger partial charge is 0.497 e. The molecule has 2 heterocycles. The number of hydrogen-bond acceptors (Lipinski definition) is 8. The van der Waals surface area contributed by atoms with E-state index in [9.17, 15) is 5.11 Å². The summed E-state index contributed by atoms with van der Waals surface area (Å²) in [5.74, 6) is 2.45. The molecule has 0 spiro atoms. The zero-order chi connectivity index (χ0) is 22.3. The number of nitrogens with one attached hydrogen (secondary N) is 2. The van der Waals surface area contributed by atoms with Crippen molar-refractivity contribution in [2.24, 2.45) is 0 Å². The van der Waals surface area contributed by atoms with Crippen LogP contribution in [0.25, 0.3) is 11.0 Å². The second-order valence-corrected chi connectivity index (χ2v) is 7.47. The molecule has 2 aromatic heterocycles. The van der Waals surface area contributed by atoms with Crippen molar-refractivity contribution in [3.05, 3.63) is 54.7 Å². The van der Waals surface area contributed by atoms with Gasteiger partial charge in [0.1, 0.15) is 17.0 Å². The van der Waals surface area contributed by atoms with Gasteiger partial charge in [0, 0.05) is 24.4 Å². The minimum Gasteiger partial charge on any atom is -0.497 e. The lowest BCUT2D eigenvalue weighted by molar-refractivity contribution is 0.215. The first-order valence-electron chi connectivity index (χ1n) is 10.1. The normalized spacial score (nSPS) is 12.8. The van der Waals surface area contributed by atoms with Crippen molar-refractivity contribution >= 4 is 22.8 Å². The van der Waals surface area contributed by atoms with Crippen LogP contribution in [-0.2, 0) is 6.54 Å². The van der Waals surface area contributed by atoms with Gasteiger partial charge in [-0.15, -0.1) is 6.58 Å². The fourth-order valence-electron chi connectivity index (χ4n) is 3.19. The number of nitrogens with zero attached hydrogens (tertiary/aromatic N) is 3. The maximum Gasteiger partial charge on any atom is 0.225 e. The summed E-state index contributed by atoms with van der Waals surface area (Å²) in [5.41, 5.74) is 1.73. The summed E-state index contributed by atoms with van der Waals surface area (Å²) in [5, 5.41) is 16.6. The van der Waals surface area contributed by atoms with E-state index in [1.165, 1.54) is 0 Å². The molecule has 3 N–H and O–H groups in total. The van der Waals surface area contributed by atoms with Crippen molar-refractivity contribution in [2.75, 3.05) is 31.5 Å². The molecule has 0 radical (unpaired) electrons. The van der Waals surface area contributed by atoms with E-state index in [1.54, 1.807) is 20.4 Å². The molecule has 164 valence electrons. The van der Waals surface area contributed by atoms with Crippen LogP contribution in [0.3, 0.4) is 0 Å². The second kappa shape index (κ2) is 10.1. The molecule has 8 heteroatoms. The van der Waals surface area contributed by atoms with Gasteiger partial charge in [-0.2, -0.15) is 4.98 Å². The zero-order valence-electron chi connectivity index (χ0n) is 18.2. The zero-order valence-corrected chi connectivity index (χ0v) is 18.2. The summed E-state index contributed by atoms with van der Waals surface area (Å²) in [7, 11) is 3.24. The van der Waals surface area contributed by atoms with E-state index >= 15 is 0 Å². The molecule has 1 atom stereocenters. The Morgan fingerprint density at radius 2 is 2.03 bits per heavy atom. The van der Waals surface area contributed by atoms with Crippen molar-refractivity contribution in [1.82, 2.24) is 15.0 Å². The number of rotatable bonds is 11. The predicted octanol–water partition coefficient (Wildman–Crippen LogP) is 3.78. The number of ether oxygens (including phenoxy) is 2. The average Bonchev–Trinajstić information content (AvgIpc) is 2.81. The van der Waals surface area contributed by atoms with Crippen molar-refractivity contribution in [2.45, 2.75) is 31.8 Å². The van der Waals surface area contributed by atoms with Crippen molar-refractivity contribution < 1.29 is 14.6 Å². The lowest BCUT2D eigenvalue weighted by Crippen LogP contribution is -2.39. The number of allylic oxidation sites excluding steroid dienone is 1. The van der Waals surface area contributed by atoms with E-state index < -0.39 is 5.54 Å². The van der Waals surface area contributed by atoms with E-state index in [0.29, 0.717) is 41.5 Å². The number of hydrogen-bond donors (Lipinski definition) is 3. The molecule has 1 unspecified atom stereocenters. The summed E-state index contributed by atoms with van der Waals surface area (Å²) in [6.45, 7) is 6.13. The van der Waals surface area contributed by atoms with Crippen LogP contribution in [0.4, 0.5) is 11.8 Å². The molecular weight excluding hydrogens is 394 g/mol. The van der Waals surface area contributed by atoms with Gasteiger partial charge in [0.05, 0.1) is 31.9 Å². The fraction of sp³-hybridized carbons (Fsp3) is 0.348. The summed E-state index contributed by atoms with van der Waals surface area (Å²) in [4.78, 5) is 13.7. The third-order valence-electron chi connectivity index (χ3n) is 5.06. The molecule has 0 bridgehead atoms. The number of anilines is 2. The SMILES string of the molecule is C=CCCC(C)(CO)Nc1nc(NCc2ccc(OC)cc2OC)nc2cccnc12. The number of fused-ring (bicyclic) bond motifs is 1. The van der Waals surface area contributed by atoms with Gasteiger partial charge in [0.15, 0.2) is 5.82 Å². The number of methoxy groups -OCH3 is 2. The lowest BCUT2D eigenvalue weighted by Gasteiger charge is -2.29. The Bertz CT molecular complexity index is 1040. The van der Waals surface area contributed by atoms with E-state index in [2.05, 4.69) is 32.2 Å². The van der Waals surface area contributed by atoms with Crippen LogP contribution in [0.1, 0.15) is 25.3 Å². The second-order valence-electron chi connectivity index (χ2n) is 7.47. The predicted molar refractivity (Wildman–Crippen MR) is 123 cm³/mol. The summed E-state index contributed by atoms with van der Waals surface area (Å²) >= 11 is 0. The molecule has 0 fully saturated rings. The maximum atomic E-state index is 9.97. The Balaban J connectivity index is 1.89. The molecule has 0 saturated carbocycles. The van der Waals surface area contributed by atoms with Crippen molar-refractivity contribution in [3.63, 3.8) is 0 Å². The number of aliphatic hydroxyl groups excluding tert-OH is 1. The van der Waals surface area contributed by atoms with E-state index in [4.69, 9.17) is 9.47 Å². The van der Waals surface area contributed by atoms with Crippen LogP contribution in [0, 0.1) is 0 Å². The summed E-state index contributed by atoms with van der Waals surface area (Å²) in [6.07, 6.45) is 5.01. The minimum atomic E-state index is -0.566.